The van der Waals surface area contributed by atoms with Gasteiger partial charge in [0.15, 0.2) is 0 Å². The molecule has 0 unspecified atom stereocenters. The maximum Gasteiger partial charge on any atom is 0.227 e. The van der Waals surface area contributed by atoms with E-state index < -0.39 is 0 Å². The van der Waals surface area contributed by atoms with Crippen molar-refractivity contribution in [1.82, 2.24) is 10.1 Å². The topological polar surface area (TPSA) is 64.9 Å². The largest absolute Gasteiger partial charge is 0.339 e. The van der Waals surface area contributed by atoms with Crippen molar-refractivity contribution in [2.24, 2.45) is 5.73 Å². The molecule has 86 valence electrons. The highest BCUT2D eigenvalue weighted by Crippen LogP contribution is 2.14. The van der Waals surface area contributed by atoms with Crippen molar-refractivity contribution >= 4 is 12.4 Å². The minimum Gasteiger partial charge on any atom is -0.339 e. The van der Waals surface area contributed by atoms with Crippen molar-refractivity contribution in [1.29, 1.82) is 0 Å². The molecule has 5 heteroatoms. The Morgan fingerprint density at radius 2 is 1.94 bits per heavy atom. The van der Waals surface area contributed by atoms with Gasteiger partial charge in [-0.05, 0) is 13.0 Å². The first-order valence-electron chi connectivity index (χ1n) is 4.98. The Morgan fingerprint density at radius 3 is 2.62 bits per heavy atom. The molecule has 1 aromatic heterocycles. The summed E-state index contributed by atoms with van der Waals surface area (Å²) < 4.78 is 5.10. The Balaban J connectivity index is 0.00000128. The molecule has 2 N–H and O–H groups in total. The van der Waals surface area contributed by atoms with Crippen LogP contribution in [-0.4, -0.2) is 16.7 Å². The Kier molecular flexibility index (Phi) is 4.95. The molecule has 1 heterocycles. The van der Waals surface area contributed by atoms with Gasteiger partial charge in [0.25, 0.3) is 0 Å². The molecule has 0 amide bonds. The molecule has 0 saturated carbocycles. The second kappa shape index (κ2) is 6.25. The van der Waals surface area contributed by atoms with Crippen molar-refractivity contribution in [3.63, 3.8) is 0 Å². The van der Waals surface area contributed by atoms with E-state index in [-0.39, 0.29) is 12.4 Å². The Bertz CT molecular complexity index is 416. The lowest BCUT2D eigenvalue weighted by molar-refractivity contribution is 0.376. The molecule has 0 bridgehead atoms. The molecule has 0 fully saturated rings. The van der Waals surface area contributed by atoms with Gasteiger partial charge in [0.05, 0.1) is 0 Å². The van der Waals surface area contributed by atoms with Gasteiger partial charge < -0.3 is 10.3 Å². The summed E-state index contributed by atoms with van der Waals surface area (Å²) in [6.07, 6.45) is 1.62. The van der Waals surface area contributed by atoms with Crippen molar-refractivity contribution in [3.05, 3.63) is 36.2 Å². The number of hydrogen-bond donors (Lipinski definition) is 1. The van der Waals surface area contributed by atoms with Crippen LogP contribution in [0.4, 0.5) is 0 Å². The molecule has 0 aliphatic rings. The van der Waals surface area contributed by atoms with Crippen LogP contribution in [-0.2, 0) is 6.42 Å². The lowest BCUT2D eigenvalue weighted by Gasteiger charge is -1.91. The molecule has 16 heavy (non-hydrogen) atoms. The van der Waals surface area contributed by atoms with Crippen LogP contribution in [0.25, 0.3) is 11.4 Å². The molecule has 2 rings (SSSR count). The Morgan fingerprint density at radius 1 is 1.19 bits per heavy atom. The smallest absolute Gasteiger partial charge is 0.227 e. The number of rotatable bonds is 4. The summed E-state index contributed by atoms with van der Waals surface area (Å²) in [5.41, 5.74) is 6.38. The fraction of sp³-hybridized carbons (Fsp3) is 0.273. The lowest BCUT2D eigenvalue weighted by Crippen LogP contribution is -2.00. The van der Waals surface area contributed by atoms with Gasteiger partial charge in [-0.2, -0.15) is 4.98 Å². The van der Waals surface area contributed by atoms with E-state index >= 15 is 0 Å². The molecule has 0 atom stereocenters. The van der Waals surface area contributed by atoms with Crippen molar-refractivity contribution < 1.29 is 4.52 Å². The van der Waals surface area contributed by atoms with E-state index in [2.05, 4.69) is 10.1 Å². The quantitative estimate of drug-likeness (QED) is 0.887. The zero-order valence-corrected chi connectivity index (χ0v) is 9.61. The summed E-state index contributed by atoms with van der Waals surface area (Å²) in [6.45, 7) is 0.642. The summed E-state index contributed by atoms with van der Waals surface area (Å²) in [7, 11) is 0. The fourth-order valence-corrected chi connectivity index (χ4v) is 1.31. The van der Waals surface area contributed by atoms with Crippen LogP contribution >= 0.6 is 12.4 Å². The van der Waals surface area contributed by atoms with Crippen LogP contribution in [0, 0.1) is 0 Å². The average molecular weight is 240 g/mol. The van der Waals surface area contributed by atoms with E-state index in [4.69, 9.17) is 10.3 Å². The molecule has 4 nitrogen and oxygen atoms in total. The molecular weight excluding hydrogens is 226 g/mol. The van der Waals surface area contributed by atoms with Gasteiger partial charge in [0, 0.05) is 12.0 Å². The maximum absolute atomic E-state index is 5.40. The first-order valence-corrected chi connectivity index (χ1v) is 4.98. The summed E-state index contributed by atoms with van der Waals surface area (Å²) in [4.78, 5) is 4.28. The first kappa shape index (κ1) is 12.7. The summed E-state index contributed by atoms with van der Waals surface area (Å²) in [6, 6.07) is 9.77. The molecule has 0 spiro atoms. The highest BCUT2D eigenvalue weighted by molar-refractivity contribution is 5.85. The van der Waals surface area contributed by atoms with Gasteiger partial charge in [0.2, 0.25) is 11.7 Å². The van der Waals surface area contributed by atoms with Crippen LogP contribution in [0.2, 0.25) is 0 Å². The first-order chi connectivity index (χ1) is 7.40. The summed E-state index contributed by atoms with van der Waals surface area (Å²) >= 11 is 0. The van der Waals surface area contributed by atoms with Gasteiger partial charge in [-0.15, -0.1) is 12.4 Å². The number of hydrogen-bond acceptors (Lipinski definition) is 4. The van der Waals surface area contributed by atoms with Gasteiger partial charge in [0.1, 0.15) is 0 Å². The van der Waals surface area contributed by atoms with E-state index in [0.29, 0.717) is 18.3 Å². The molecular formula is C11H14ClN3O. The van der Waals surface area contributed by atoms with E-state index in [1.54, 1.807) is 0 Å². The molecule has 0 aliphatic carbocycles. The monoisotopic (exact) mass is 239 g/mol. The van der Waals surface area contributed by atoms with Crippen LogP contribution in [0.1, 0.15) is 12.3 Å². The number of benzene rings is 1. The van der Waals surface area contributed by atoms with Crippen LogP contribution in [0.15, 0.2) is 34.9 Å². The number of aromatic nitrogens is 2. The predicted molar refractivity (Wildman–Crippen MR) is 64.4 cm³/mol. The second-order valence-electron chi connectivity index (χ2n) is 3.27. The highest BCUT2D eigenvalue weighted by atomic mass is 35.5. The van der Waals surface area contributed by atoms with Gasteiger partial charge in [-0.3, -0.25) is 0 Å². The third kappa shape index (κ3) is 3.05. The lowest BCUT2D eigenvalue weighted by atomic mass is 10.2. The maximum atomic E-state index is 5.40. The highest BCUT2D eigenvalue weighted by Gasteiger charge is 2.06. The molecule has 1 aromatic carbocycles. The molecule has 2 aromatic rings. The predicted octanol–water partition coefficient (Wildman–Crippen LogP) is 2.05. The number of nitrogens with two attached hydrogens (primary N) is 1. The van der Waals surface area contributed by atoms with Crippen molar-refractivity contribution in [2.75, 3.05) is 6.54 Å². The third-order valence-electron chi connectivity index (χ3n) is 2.09. The standard InChI is InChI=1S/C11H13N3O.ClH/c12-8-4-7-10-13-11(14-15-10)9-5-2-1-3-6-9;/h1-3,5-6H,4,7-8,12H2;1H. The van der Waals surface area contributed by atoms with E-state index in [1.807, 2.05) is 30.3 Å². The van der Waals surface area contributed by atoms with Gasteiger partial charge in [-0.25, -0.2) is 0 Å². The van der Waals surface area contributed by atoms with Crippen molar-refractivity contribution in [3.8, 4) is 11.4 Å². The molecule has 0 saturated heterocycles. The SMILES string of the molecule is Cl.NCCCc1nc(-c2ccccc2)no1. The zero-order chi connectivity index (χ0) is 10.5. The van der Waals surface area contributed by atoms with Crippen LogP contribution in [0.5, 0.6) is 0 Å². The van der Waals surface area contributed by atoms with E-state index in [9.17, 15) is 0 Å². The summed E-state index contributed by atoms with van der Waals surface area (Å²) in [5, 5.41) is 3.91. The van der Waals surface area contributed by atoms with Gasteiger partial charge >= 0.3 is 0 Å². The number of aryl methyl sites for hydroxylation is 1. The average Bonchev–Trinajstić information content (AvgIpc) is 2.76. The normalized spacial score (nSPS) is 9.81. The Hall–Kier alpha value is -1.39. The number of halogens is 1. The van der Waals surface area contributed by atoms with E-state index in [0.717, 1.165) is 18.4 Å². The van der Waals surface area contributed by atoms with Crippen LogP contribution < -0.4 is 5.73 Å². The molecule has 0 aliphatic heterocycles. The zero-order valence-electron chi connectivity index (χ0n) is 8.80. The molecule has 0 radical (unpaired) electrons. The third-order valence-corrected chi connectivity index (χ3v) is 2.09. The van der Waals surface area contributed by atoms with Gasteiger partial charge in [-0.1, -0.05) is 35.5 Å². The second-order valence-corrected chi connectivity index (χ2v) is 3.27. The van der Waals surface area contributed by atoms with Crippen LogP contribution in [0.3, 0.4) is 0 Å². The van der Waals surface area contributed by atoms with Crippen molar-refractivity contribution in [2.45, 2.75) is 12.8 Å². The summed E-state index contributed by atoms with van der Waals surface area (Å²) in [5.74, 6) is 1.29. The minimum atomic E-state index is 0. The Labute approximate surface area is 100 Å². The minimum absolute atomic E-state index is 0. The fourth-order valence-electron chi connectivity index (χ4n) is 1.31. The number of nitrogens with zero attached hydrogens (tertiary/aromatic N) is 2. The van der Waals surface area contributed by atoms with E-state index in [1.165, 1.54) is 0 Å².